The van der Waals surface area contributed by atoms with Gasteiger partial charge in [0.25, 0.3) is 0 Å². The molecule has 8 heteroatoms. The number of hydrogen-bond acceptors (Lipinski definition) is 3. The highest BCUT2D eigenvalue weighted by Gasteiger charge is 2.34. The van der Waals surface area contributed by atoms with Gasteiger partial charge in [0, 0.05) is 10.9 Å². The quantitative estimate of drug-likeness (QED) is 0.882. The van der Waals surface area contributed by atoms with Crippen LogP contribution in [-0.4, -0.2) is 16.1 Å². The van der Waals surface area contributed by atoms with Crippen LogP contribution in [0.2, 0.25) is 0 Å². The molecule has 0 fully saturated rings. The van der Waals surface area contributed by atoms with Crippen molar-refractivity contribution >= 4 is 17.3 Å². The summed E-state index contributed by atoms with van der Waals surface area (Å²) in [5.41, 5.74) is -1.23. The van der Waals surface area contributed by atoms with Crippen LogP contribution in [0.15, 0.2) is 23.6 Å². The Morgan fingerprint density at radius 1 is 1.35 bits per heavy atom. The van der Waals surface area contributed by atoms with E-state index in [2.05, 4.69) is 4.98 Å². The number of benzene rings is 1. The van der Waals surface area contributed by atoms with Gasteiger partial charge in [-0.3, -0.25) is 4.79 Å². The zero-order valence-electron chi connectivity index (χ0n) is 9.74. The smallest absolute Gasteiger partial charge is 0.417 e. The first kappa shape index (κ1) is 14.4. The molecule has 3 nitrogen and oxygen atoms in total. The number of halogens is 4. The van der Waals surface area contributed by atoms with Gasteiger partial charge in [0.2, 0.25) is 0 Å². The van der Waals surface area contributed by atoms with Crippen molar-refractivity contribution in [3.05, 3.63) is 40.7 Å². The summed E-state index contributed by atoms with van der Waals surface area (Å²) in [6.45, 7) is 0. The Labute approximate surface area is 114 Å². The van der Waals surface area contributed by atoms with Crippen molar-refractivity contribution in [2.24, 2.45) is 0 Å². The molecule has 0 aliphatic carbocycles. The molecule has 0 saturated carbocycles. The highest BCUT2D eigenvalue weighted by Crippen LogP contribution is 2.38. The van der Waals surface area contributed by atoms with Gasteiger partial charge in [-0.15, -0.1) is 11.3 Å². The molecule has 1 aromatic heterocycles. The van der Waals surface area contributed by atoms with Gasteiger partial charge in [-0.2, -0.15) is 13.2 Å². The molecular weight excluding hydrogens is 298 g/mol. The highest BCUT2D eigenvalue weighted by atomic mass is 32.1. The third-order valence-electron chi connectivity index (χ3n) is 2.40. The molecular formula is C12H7F4NO2S. The molecule has 0 radical (unpaired) electrons. The summed E-state index contributed by atoms with van der Waals surface area (Å²) in [5, 5.41) is 9.98. The summed E-state index contributed by atoms with van der Waals surface area (Å²) in [4.78, 5) is 14.4. The van der Waals surface area contributed by atoms with Crippen LogP contribution in [0.1, 0.15) is 11.3 Å². The third-order valence-corrected chi connectivity index (χ3v) is 3.33. The van der Waals surface area contributed by atoms with Crippen LogP contribution in [0, 0.1) is 5.82 Å². The first-order valence-corrected chi connectivity index (χ1v) is 6.18. The Morgan fingerprint density at radius 2 is 2.05 bits per heavy atom. The summed E-state index contributed by atoms with van der Waals surface area (Å²) < 4.78 is 51.5. The van der Waals surface area contributed by atoms with E-state index in [0.29, 0.717) is 6.07 Å². The molecule has 1 aromatic carbocycles. The molecule has 0 saturated heterocycles. The number of carbonyl (C=O) groups is 1. The first-order valence-electron chi connectivity index (χ1n) is 5.30. The SMILES string of the molecule is O=C(O)Cc1csc(-c2ccc(F)cc2C(F)(F)F)n1. The molecule has 1 heterocycles. The van der Waals surface area contributed by atoms with E-state index < -0.39 is 23.5 Å². The topological polar surface area (TPSA) is 50.2 Å². The molecule has 0 atom stereocenters. The first-order chi connectivity index (χ1) is 9.27. The van der Waals surface area contributed by atoms with Crippen molar-refractivity contribution in [2.45, 2.75) is 12.6 Å². The number of aliphatic carboxylic acids is 1. The second kappa shape index (κ2) is 5.20. The lowest BCUT2D eigenvalue weighted by atomic mass is 10.1. The fraction of sp³-hybridized carbons (Fsp3) is 0.167. The maximum Gasteiger partial charge on any atom is 0.417 e. The van der Waals surface area contributed by atoms with Gasteiger partial charge >= 0.3 is 12.1 Å². The van der Waals surface area contributed by atoms with Crippen LogP contribution in [0.5, 0.6) is 0 Å². The van der Waals surface area contributed by atoms with Gasteiger partial charge in [0.15, 0.2) is 0 Å². The number of aromatic nitrogens is 1. The van der Waals surface area contributed by atoms with Crippen molar-refractivity contribution in [1.29, 1.82) is 0 Å². The number of alkyl halides is 3. The van der Waals surface area contributed by atoms with Gasteiger partial charge in [0.1, 0.15) is 10.8 Å². The minimum Gasteiger partial charge on any atom is -0.481 e. The molecule has 0 spiro atoms. The molecule has 20 heavy (non-hydrogen) atoms. The van der Waals surface area contributed by atoms with E-state index in [-0.39, 0.29) is 22.7 Å². The van der Waals surface area contributed by atoms with E-state index in [1.807, 2.05) is 0 Å². The van der Waals surface area contributed by atoms with Gasteiger partial charge < -0.3 is 5.11 Å². The van der Waals surface area contributed by atoms with Crippen molar-refractivity contribution < 1.29 is 27.5 Å². The molecule has 2 aromatic rings. The molecule has 0 amide bonds. The lowest BCUT2D eigenvalue weighted by Crippen LogP contribution is -2.08. The molecule has 2 rings (SSSR count). The number of carboxylic acid groups (broad SMARTS) is 1. The largest absolute Gasteiger partial charge is 0.481 e. The number of hydrogen-bond donors (Lipinski definition) is 1. The molecule has 0 aliphatic heterocycles. The zero-order chi connectivity index (χ0) is 14.9. The van der Waals surface area contributed by atoms with Crippen LogP contribution >= 0.6 is 11.3 Å². The van der Waals surface area contributed by atoms with Crippen LogP contribution in [0.25, 0.3) is 10.6 Å². The van der Waals surface area contributed by atoms with Crippen molar-refractivity contribution in [3.8, 4) is 10.6 Å². The normalized spacial score (nSPS) is 11.6. The second-order valence-corrected chi connectivity index (χ2v) is 4.76. The zero-order valence-corrected chi connectivity index (χ0v) is 10.6. The molecule has 0 aliphatic rings. The Bertz CT molecular complexity index is 651. The fourth-order valence-corrected chi connectivity index (χ4v) is 2.46. The predicted molar refractivity (Wildman–Crippen MR) is 63.8 cm³/mol. The summed E-state index contributed by atoms with van der Waals surface area (Å²) in [6.07, 6.45) is -5.09. The maximum atomic E-state index is 13.0. The van der Waals surface area contributed by atoms with Gasteiger partial charge in [0.05, 0.1) is 17.7 Å². The second-order valence-electron chi connectivity index (χ2n) is 3.90. The average molecular weight is 305 g/mol. The highest BCUT2D eigenvalue weighted by molar-refractivity contribution is 7.13. The summed E-state index contributed by atoms with van der Waals surface area (Å²) in [7, 11) is 0. The molecule has 1 N–H and O–H groups in total. The number of rotatable bonds is 3. The van der Waals surface area contributed by atoms with Gasteiger partial charge in [-0.25, -0.2) is 9.37 Å². The lowest BCUT2D eigenvalue weighted by molar-refractivity contribution is -0.137. The van der Waals surface area contributed by atoms with E-state index in [1.165, 1.54) is 5.38 Å². The van der Waals surface area contributed by atoms with E-state index in [4.69, 9.17) is 5.11 Å². The predicted octanol–water partition coefficient (Wildman–Crippen LogP) is 3.60. The number of nitrogens with zero attached hydrogens (tertiary/aromatic N) is 1. The number of carboxylic acids is 1. The van der Waals surface area contributed by atoms with Crippen molar-refractivity contribution in [2.75, 3.05) is 0 Å². The molecule has 0 unspecified atom stereocenters. The lowest BCUT2D eigenvalue weighted by Gasteiger charge is -2.11. The Balaban J connectivity index is 2.47. The third kappa shape index (κ3) is 3.13. The van der Waals surface area contributed by atoms with Crippen LogP contribution in [0.4, 0.5) is 17.6 Å². The van der Waals surface area contributed by atoms with Gasteiger partial charge in [-0.1, -0.05) is 0 Å². The van der Waals surface area contributed by atoms with Crippen LogP contribution in [-0.2, 0) is 17.4 Å². The van der Waals surface area contributed by atoms with Crippen molar-refractivity contribution in [3.63, 3.8) is 0 Å². The van der Waals surface area contributed by atoms with E-state index in [9.17, 15) is 22.4 Å². The molecule has 106 valence electrons. The van der Waals surface area contributed by atoms with Crippen molar-refractivity contribution in [1.82, 2.24) is 4.98 Å². The van der Waals surface area contributed by atoms with Crippen LogP contribution < -0.4 is 0 Å². The molecule has 0 bridgehead atoms. The van der Waals surface area contributed by atoms with Crippen LogP contribution in [0.3, 0.4) is 0 Å². The van der Waals surface area contributed by atoms with Gasteiger partial charge in [-0.05, 0) is 18.2 Å². The summed E-state index contributed by atoms with van der Waals surface area (Å²) in [6, 6.07) is 2.29. The monoisotopic (exact) mass is 305 g/mol. The maximum absolute atomic E-state index is 13.0. The van der Waals surface area contributed by atoms with E-state index >= 15 is 0 Å². The minimum atomic E-state index is -4.71. The Morgan fingerprint density at radius 3 is 2.65 bits per heavy atom. The van der Waals surface area contributed by atoms with E-state index in [0.717, 1.165) is 23.5 Å². The average Bonchev–Trinajstić information content (AvgIpc) is 2.75. The fourth-order valence-electron chi connectivity index (χ4n) is 1.60. The minimum absolute atomic E-state index is 0.00794. The Kier molecular flexibility index (Phi) is 3.76. The van der Waals surface area contributed by atoms with E-state index in [1.54, 1.807) is 0 Å². The summed E-state index contributed by atoms with van der Waals surface area (Å²) in [5.74, 6) is -2.12. The standard InChI is InChI=1S/C12H7F4NO2S/c13-6-1-2-8(9(3-6)12(14,15)16)11-17-7(5-20-11)4-10(18)19/h1-3,5H,4H2,(H,18,19). The Hall–Kier alpha value is -1.96. The number of thiazole rings is 1. The summed E-state index contributed by atoms with van der Waals surface area (Å²) >= 11 is 0.884.